The molecule has 6 heteroatoms. The molecule has 2 nitrogen and oxygen atoms in total. The van der Waals surface area contributed by atoms with Crippen molar-refractivity contribution < 1.29 is 8.78 Å². The summed E-state index contributed by atoms with van der Waals surface area (Å²) in [6.45, 7) is 0.0864. The molecule has 0 fully saturated rings. The zero-order valence-corrected chi connectivity index (χ0v) is 10.7. The van der Waals surface area contributed by atoms with Crippen LogP contribution in [0.25, 0.3) is 0 Å². The van der Waals surface area contributed by atoms with Gasteiger partial charge in [-0.25, -0.2) is 13.8 Å². The Morgan fingerprint density at radius 2 is 1.94 bits per heavy atom. The topological polar surface area (TPSA) is 38.9 Å². The van der Waals surface area contributed by atoms with E-state index in [9.17, 15) is 8.78 Å². The SMILES string of the molecule is NCc1cc(F)c(Sc2ncccc2Cl)c(F)c1. The predicted molar refractivity (Wildman–Crippen MR) is 67.6 cm³/mol. The number of nitrogens with two attached hydrogens (primary N) is 1. The van der Waals surface area contributed by atoms with Crippen LogP contribution in [0, 0.1) is 11.6 Å². The van der Waals surface area contributed by atoms with E-state index in [4.69, 9.17) is 17.3 Å². The molecule has 1 aromatic heterocycles. The highest BCUT2D eigenvalue weighted by atomic mass is 35.5. The zero-order valence-electron chi connectivity index (χ0n) is 9.16. The number of pyridine rings is 1. The minimum absolute atomic E-state index is 0.0864. The average Bonchev–Trinajstić information content (AvgIpc) is 2.35. The fourth-order valence-corrected chi connectivity index (χ4v) is 2.39. The van der Waals surface area contributed by atoms with Crippen molar-refractivity contribution in [3.05, 3.63) is 52.7 Å². The third kappa shape index (κ3) is 2.80. The number of rotatable bonds is 3. The maximum Gasteiger partial charge on any atom is 0.140 e. The van der Waals surface area contributed by atoms with Gasteiger partial charge in [0.1, 0.15) is 16.7 Å². The van der Waals surface area contributed by atoms with E-state index < -0.39 is 11.6 Å². The molecule has 94 valence electrons. The third-order valence-electron chi connectivity index (χ3n) is 2.22. The van der Waals surface area contributed by atoms with Crippen LogP contribution in [0.1, 0.15) is 5.56 Å². The van der Waals surface area contributed by atoms with Crippen LogP contribution in [0.2, 0.25) is 5.02 Å². The summed E-state index contributed by atoms with van der Waals surface area (Å²) < 4.78 is 27.5. The van der Waals surface area contributed by atoms with Crippen LogP contribution in [-0.4, -0.2) is 4.98 Å². The molecule has 0 atom stereocenters. The normalized spacial score (nSPS) is 10.7. The van der Waals surface area contributed by atoms with Crippen molar-refractivity contribution in [2.45, 2.75) is 16.5 Å². The lowest BCUT2D eigenvalue weighted by molar-refractivity contribution is 0.537. The minimum Gasteiger partial charge on any atom is -0.326 e. The van der Waals surface area contributed by atoms with E-state index >= 15 is 0 Å². The number of aromatic nitrogens is 1. The summed E-state index contributed by atoms with van der Waals surface area (Å²) in [5.41, 5.74) is 5.74. The van der Waals surface area contributed by atoms with E-state index in [2.05, 4.69) is 4.98 Å². The van der Waals surface area contributed by atoms with Gasteiger partial charge in [-0.15, -0.1) is 0 Å². The van der Waals surface area contributed by atoms with E-state index in [-0.39, 0.29) is 11.4 Å². The monoisotopic (exact) mass is 286 g/mol. The van der Waals surface area contributed by atoms with Gasteiger partial charge in [-0.1, -0.05) is 23.4 Å². The molecule has 0 amide bonds. The Hall–Kier alpha value is -1.17. The molecule has 0 spiro atoms. The van der Waals surface area contributed by atoms with Crippen LogP contribution in [0.3, 0.4) is 0 Å². The minimum atomic E-state index is -0.665. The van der Waals surface area contributed by atoms with Gasteiger partial charge < -0.3 is 5.73 Å². The lowest BCUT2D eigenvalue weighted by Crippen LogP contribution is -1.99. The Morgan fingerprint density at radius 1 is 1.28 bits per heavy atom. The maximum absolute atomic E-state index is 13.7. The highest BCUT2D eigenvalue weighted by molar-refractivity contribution is 7.99. The first-order valence-corrected chi connectivity index (χ1v) is 6.27. The van der Waals surface area contributed by atoms with Gasteiger partial charge in [0.05, 0.1) is 9.92 Å². The summed E-state index contributed by atoms with van der Waals surface area (Å²) in [5, 5.41) is 0.710. The first-order valence-electron chi connectivity index (χ1n) is 5.08. The number of hydrogen-bond acceptors (Lipinski definition) is 3. The summed E-state index contributed by atoms with van der Waals surface area (Å²) >= 11 is 6.74. The van der Waals surface area contributed by atoms with Gasteiger partial charge >= 0.3 is 0 Å². The van der Waals surface area contributed by atoms with Crippen molar-refractivity contribution in [1.82, 2.24) is 4.98 Å². The second-order valence-corrected chi connectivity index (χ2v) is 4.89. The number of halogens is 3. The van der Waals surface area contributed by atoms with Gasteiger partial charge in [0.15, 0.2) is 0 Å². The molecule has 2 rings (SSSR count). The van der Waals surface area contributed by atoms with Crippen LogP contribution >= 0.6 is 23.4 Å². The van der Waals surface area contributed by atoms with Gasteiger partial charge in [0, 0.05) is 12.7 Å². The van der Waals surface area contributed by atoms with Gasteiger partial charge in [-0.2, -0.15) is 0 Å². The van der Waals surface area contributed by atoms with Crippen LogP contribution < -0.4 is 5.73 Å². The molecular weight excluding hydrogens is 278 g/mol. The molecular formula is C12H9ClF2N2S. The number of nitrogens with zero attached hydrogens (tertiary/aromatic N) is 1. The number of hydrogen-bond donors (Lipinski definition) is 1. The van der Waals surface area contributed by atoms with E-state index in [1.54, 1.807) is 12.1 Å². The second-order valence-electron chi connectivity index (χ2n) is 3.49. The van der Waals surface area contributed by atoms with Crippen LogP contribution in [0.4, 0.5) is 8.78 Å². The Labute approximate surface area is 112 Å². The van der Waals surface area contributed by atoms with Crippen molar-refractivity contribution in [2.24, 2.45) is 5.73 Å². The molecule has 0 saturated carbocycles. The Bertz CT molecular complexity index is 555. The van der Waals surface area contributed by atoms with Crippen LogP contribution in [0.5, 0.6) is 0 Å². The van der Waals surface area contributed by atoms with E-state index in [1.807, 2.05) is 0 Å². The highest BCUT2D eigenvalue weighted by Gasteiger charge is 2.14. The highest BCUT2D eigenvalue weighted by Crippen LogP contribution is 2.34. The van der Waals surface area contributed by atoms with Gasteiger partial charge in [0.25, 0.3) is 0 Å². The molecule has 0 bridgehead atoms. The molecule has 0 aliphatic heterocycles. The summed E-state index contributed by atoms with van der Waals surface area (Å²) in [7, 11) is 0. The van der Waals surface area contributed by atoms with Crippen molar-refractivity contribution >= 4 is 23.4 Å². The maximum atomic E-state index is 13.7. The fourth-order valence-electron chi connectivity index (χ4n) is 1.37. The fraction of sp³-hybridized carbons (Fsp3) is 0.0833. The van der Waals surface area contributed by atoms with Gasteiger partial charge in [0.2, 0.25) is 0 Å². The van der Waals surface area contributed by atoms with Crippen molar-refractivity contribution in [3.63, 3.8) is 0 Å². The Balaban J connectivity index is 2.38. The van der Waals surface area contributed by atoms with Crippen LogP contribution in [-0.2, 0) is 6.54 Å². The first-order chi connectivity index (χ1) is 8.61. The summed E-state index contributed by atoms with van der Waals surface area (Å²) in [4.78, 5) is 3.84. The van der Waals surface area contributed by atoms with Crippen molar-refractivity contribution in [3.8, 4) is 0 Å². The van der Waals surface area contributed by atoms with Crippen LogP contribution in [0.15, 0.2) is 40.4 Å². The summed E-state index contributed by atoms with van der Waals surface area (Å²) in [5.74, 6) is -1.33. The van der Waals surface area contributed by atoms with Crippen molar-refractivity contribution in [1.29, 1.82) is 0 Å². The van der Waals surface area contributed by atoms with Gasteiger partial charge in [-0.05, 0) is 29.8 Å². The molecule has 0 saturated heterocycles. The molecule has 0 aliphatic rings. The lowest BCUT2D eigenvalue weighted by Gasteiger charge is -2.07. The lowest BCUT2D eigenvalue weighted by atomic mass is 10.2. The molecule has 2 N–H and O–H groups in total. The third-order valence-corrected chi connectivity index (χ3v) is 3.75. The molecule has 0 radical (unpaired) electrons. The smallest absolute Gasteiger partial charge is 0.140 e. The Morgan fingerprint density at radius 3 is 2.50 bits per heavy atom. The average molecular weight is 287 g/mol. The molecule has 0 aliphatic carbocycles. The second kappa shape index (κ2) is 5.65. The van der Waals surface area contributed by atoms with E-state index in [0.29, 0.717) is 15.6 Å². The predicted octanol–water partition coefficient (Wildman–Crippen LogP) is 3.62. The van der Waals surface area contributed by atoms with Gasteiger partial charge in [-0.3, -0.25) is 0 Å². The number of benzene rings is 1. The summed E-state index contributed by atoms with van der Waals surface area (Å²) in [6.07, 6.45) is 1.51. The van der Waals surface area contributed by atoms with Crippen molar-refractivity contribution in [2.75, 3.05) is 0 Å². The molecule has 18 heavy (non-hydrogen) atoms. The largest absolute Gasteiger partial charge is 0.326 e. The van der Waals surface area contributed by atoms with E-state index in [1.165, 1.54) is 18.3 Å². The molecule has 1 heterocycles. The standard InChI is InChI=1S/C12H9ClF2N2S/c13-8-2-1-3-17-12(8)18-11-9(14)4-7(6-16)5-10(11)15/h1-5H,6,16H2. The molecule has 2 aromatic rings. The van der Waals surface area contributed by atoms with E-state index in [0.717, 1.165) is 11.8 Å². The Kier molecular flexibility index (Phi) is 4.16. The summed E-state index contributed by atoms with van der Waals surface area (Å²) in [6, 6.07) is 5.68. The molecule has 0 unspecified atom stereocenters. The molecule has 1 aromatic carbocycles. The quantitative estimate of drug-likeness (QED) is 0.936. The first kappa shape index (κ1) is 13.3. The zero-order chi connectivity index (χ0) is 13.1.